The predicted molar refractivity (Wildman–Crippen MR) is 102 cm³/mol. The summed E-state index contributed by atoms with van der Waals surface area (Å²) in [6, 6.07) is 4.18. The molecule has 0 saturated heterocycles. The maximum Gasteiger partial charge on any atom is 0.239 e. The molecule has 0 aliphatic rings. The molecule has 126 valence electrons. The number of amides is 1. The second-order valence-electron chi connectivity index (χ2n) is 4.49. The first-order chi connectivity index (χ1) is 10.2. The number of rotatable bonds is 8. The summed E-state index contributed by atoms with van der Waals surface area (Å²) in [5, 5.41) is 7.89. The van der Waals surface area contributed by atoms with Crippen molar-refractivity contribution in [3.8, 4) is 0 Å². The Kier molecular flexibility index (Phi) is 12.2. The van der Waals surface area contributed by atoms with Crippen molar-refractivity contribution in [2.24, 2.45) is 4.99 Å². The van der Waals surface area contributed by atoms with E-state index in [9.17, 15) is 4.79 Å². The van der Waals surface area contributed by atoms with Gasteiger partial charge in [0, 0.05) is 39.2 Å². The molecule has 0 spiro atoms. The Morgan fingerprint density at radius 1 is 1.45 bits per heavy atom. The molecule has 22 heavy (non-hydrogen) atoms. The highest BCUT2D eigenvalue weighted by molar-refractivity contribution is 14.0. The third-order valence-corrected chi connectivity index (χ3v) is 3.82. The van der Waals surface area contributed by atoms with Gasteiger partial charge < -0.3 is 20.3 Å². The Morgan fingerprint density at radius 3 is 2.82 bits per heavy atom. The maximum absolute atomic E-state index is 11.6. The molecule has 0 saturated carbocycles. The minimum absolute atomic E-state index is 0. The Labute approximate surface area is 153 Å². The van der Waals surface area contributed by atoms with Gasteiger partial charge in [-0.3, -0.25) is 9.79 Å². The fourth-order valence-electron chi connectivity index (χ4n) is 1.74. The van der Waals surface area contributed by atoms with Gasteiger partial charge in [-0.15, -0.1) is 35.3 Å². The highest BCUT2D eigenvalue weighted by Gasteiger charge is 2.08. The number of nitrogens with one attached hydrogen (secondary N) is 2. The number of thiophene rings is 1. The van der Waals surface area contributed by atoms with Crippen molar-refractivity contribution in [1.29, 1.82) is 0 Å². The van der Waals surface area contributed by atoms with E-state index in [1.54, 1.807) is 25.5 Å². The molecule has 0 aliphatic heterocycles. The van der Waals surface area contributed by atoms with Crippen LogP contribution in [0.3, 0.4) is 0 Å². The second-order valence-corrected chi connectivity index (χ2v) is 5.53. The zero-order valence-electron chi connectivity index (χ0n) is 13.3. The molecule has 6 nitrogen and oxygen atoms in total. The van der Waals surface area contributed by atoms with Crippen molar-refractivity contribution in [1.82, 2.24) is 15.5 Å². The van der Waals surface area contributed by atoms with E-state index in [1.165, 1.54) is 4.88 Å². The van der Waals surface area contributed by atoms with E-state index in [0.29, 0.717) is 19.1 Å². The fraction of sp³-hybridized carbons (Fsp3) is 0.571. The quantitative estimate of drug-likeness (QED) is 0.276. The molecule has 8 heteroatoms. The molecule has 1 aromatic heterocycles. The number of carbonyl (C=O) groups is 1. The summed E-state index contributed by atoms with van der Waals surface area (Å²) in [6.07, 6.45) is 0.967. The molecule has 1 heterocycles. The monoisotopic (exact) mass is 440 g/mol. The number of carbonyl (C=O) groups excluding carboxylic acids is 1. The van der Waals surface area contributed by atoms with Gasteiger partial charge in [0.05, 0.1) is 13.2 Å². The minimum Gasteiger partial charge on any atom is -0.383 e. The molecule has 0 unspecified atom stereocenters. The molecule has 0 atom stereocenters. The highest BCUT2D eigenvalue weighted by atomic mass is 127. The van der Waals surface area contributed by atoms with Crippen LogP contribution in [0.1, 0.15) is 4.88 Å². The molecule has 2 N–H and O–H groups in total. The maximum atomic E-state index is 11.6. The van der Waals surface area contributed by atoms with Gasteiger partial charge in [0.15, 0.2) is 5.96 Å². The van der Waals surface area contributed by atoms with Gasteiger partial charge in [-0.05, 0) is 17.9 Å². The van der Waals surface area contributed by atoms with Crippen LogP contribution in [-0.4, -0.2) is 64.2 Å². The Balaban J connectivity index is 0.00000441. The van der Waals surface area contributed by atoms with Crippen LogP contribution in [0.25, 0.3) is 0 Å². The Hall–Kier alpha value is -0.870. The van der Waals surface area contributed by atoms with Gasteiger partial charge in [0.25, 0.3) is 0 Å². The average Bonchev–Trinajstić information content (AvgIpc) is 2.99. The summed E-state index contributed by atoms with van der Waals surface area (Å²) in [5.41, 5.74) is 0. The van der Waals surface area contributed by atoms with Crippen LogP contribution < -0.4 is 10.6 Å². The van der Waals surface area contributed by atoms with Crippen LogP contribution in [-0.2, 0) is 16.0 Å². The number of aliphatic imine (C=N–C) groups is 1. The molecule has 0 fully saturated rings. The lowest BCUT2D eigenvalue weighted by molar-refractivity contribution is -0.120. The number of methoxy groups -OCH3 is 1. The third kappa shape index (κ3) is 8.54. The van der Waals surface area contributed by atoms with Gasteiger partial charge >= 0.3 is 0 Å². The Morgan fingerprint density at radius 2 is 2.23 bits per heavy atom. The van der Waals surface area contributed by atoms with Gasteiger partial charge in [-0.1, -0.05) is 6.07 Å². The number of hydrogen-bond acceptors (Lipinski definition) is 4. The normalized spacial score (nSPS) is 10.8. The van der Waals surface area contributed by atoms with Crippen molar-refractivity contribution in [3.05, 3.63) is 22.4 Å². The van der Waals surface area contributed by atoms with E-state index >= 15 is 0 Å². The lowest BCUT2D eigenvalue weighted by Gasteiger charge is -2.21. The number of halogens is 1. The smallest absolute Gasteiger partial charge is 0.239 e. The number of ether oxygens (including phenoxy) is 1. The van der Waals surface area contributed by atoms with Crippen molar-refractivity contribution in [2.75, 3.05) is 47.4 Å². The molecule has 0 radical (unpaired) electrons. The van der Waals surface area contributed by atoms with E-state index < -0.39 is 0 Å². The summed E-state index contributed by atoms with van der Waals surface area (Å²) in [4.78, 5) is 19.1. The van der Waals surface area contributed by atoms with E-state index in [-0.39, 0.29) is 36.4 Å². The topological polar surface area (TPSA) is 66.0 Å². The zero-order valence-corrected chi connectivity index (χ0v) is 16.4. The fourth-order valence-corrected chi connectivity index (χ4v) is 2.44. The summed E-state index contributed by atoms with van der Waals surface area (Å²) >= 11 is 1.75. The molecule has 0 bridgehead atoms. The molecule has 0 aromatic carbocycles. The largest absolute Gasteiger partial charge is 0.383 e. The van der Waals surface area contributed by atoms with Crippen LogP contribution in [0.5, 0.6) is 0 Å². The molecule has 0 aliphatic carbocycles. The van der Waals surface area contributed by atoms with Crippen LogP contribution >= 0.6 is 35.3 Å². The first kappa shape index (κ1) is 21.1. The summed E-state index contributed by atoms with van der Waals surface area (Å²) in [5.74, 6) is 0.647. The third-order valence-electron chi connectivity index (χ3n) is 2.88. The standard InChI is InChI=1S/C14H24N4O2S.HI/c1-15-14(17-11-13(19)16-7-9-20-3)18(2)8-6-12-5-4-10-21-12;/h4-5,10H,6-9,11H2,1-3H3,(H,15,17)(H,16,19);1H. The minimum atomic E-state index is -0.0696. The summed E-state index contributed by atoms with van der Waals surface area (Å²) in [7, 11) is 5.29. The number of guanidine groups is 1. The van der Waals surface area contributed by atoms with Gasteiger partial charge in [0.1, 0.15) is 0 Å². The molecule has 1 aromatic rings. The van der Waals surface area contributed by atoms with Crippen LogP contribution in [0, 0.1) is 0 Å². The first-order valence-electron chi connectivity index (χ1n) is 6.87. The van der Waals surface area contributed by atoms with E-state index in [1.807, 2.05) is 11.9 Å². The predicted octanol–water partition coefficient (Wildman–Crippen LogP) is 1.18. The Bertz CT molecular complexity index is 440. The zero-order chi connectivity index (χ0) is 15.5. The number of hydrogen-bond donors (Lipinski definition) is 2. The first-order valence-corrected chi connectivity index (χ1v) is 7.75. The van der Waals surface area contributed by atoms with Crippen LogP contribution in [0.4, 0.5) is 0 Å². The molecular formula is C14H25IN4O2S. The molecular weight excluding hydrogens is 415 g/mol. The van der Waals surface area contributed by atoms with Gasteiger partial charge in [0.2, 0.25) is 5.91 Å². The molecule has 1 rings (SSSR count). The lowest BCUT2D eigenvalue weighted by Crippen LogP contribution is -2.44. The SMILES string of the molecule is CN=C(NCC(=O)NCCOC)N(C)CCc1cccs1.I. The van der Waals surface area contributed by atoms with Crippen molar-refractivity contribution in [2.45, 2.75) is 6.42 Å². The van der Waals surface area contributed by atoms with Crippen LogP contribution in [0.2, 0.25) is 0 Å². The molecule has 1 amide bonds. The van der Waals surface area contributed by atoms with Gasteiger partial charge in [-0.2, -0.15) is 0 Å². The number of nitrogens with zero attached hydrogens (tertiary/aromatic N) is 2. The van der Waals surface area contributed by atoms with Crippen LogP contribution in [0.15, 0.2) is 22.5 Å². The van der Waals surface area contributed by atoms with Crippen molar-refractivity contribution >= 4 is 47.2 Å². The van der Waals surface area contributed by atoms with E-state index in [2.05, 4.69) is 33.1 Å². The lowest BCUT2D eigenvalue weighted by atomic mass is 10.3. The average molecular weight is 440 g/mol. The summed E-state index contributed by atoms with van der Waals surface area (Å²) in [6.45, 7) is 2.09. The second kappa shape index (κ2) is 12.7. The van der Waals surface area contributed by atoms with Crippen molar-refractivity contribution in [3.63, 3.8) is 0 Å². The van der Waals surface area contributed by atoms with E-state index in [0.717, 1.165) is 13.0 Å². The number of likely N-dealkylation sites (N-methyl/N-ethyl adjacent to an activating group) is 1. The summed E-state index contributed by atoms with van der Waals surface area (Å²) < 4.78 is 4.88. The van der Waals surface area contributed by atoms with Crippen molar-refractivity contribution < 1.29 is 9.53 Å². The highest BCUT2D eigenvalue weighted by Crippen LogP contribution is 2.09. The van der Waals surface area contributed by atoms with E-state index in [4.69, 9.17) is 4.74 Å². The van der Waals surface area contributed by atoms with Gasteiger partial charge in [-0.25, -0.2) is 0 Å².